The largest absolute Gasteiger partial charge is 0.399 e. The number of hydrogen-bond donors (Lipinski definition) is 3. The van der Waals surface area contributed by atoms with Crippen LogP contribution in [-0.2, 0) is 4.79 Å². The third-order valence-corrected chi connectivity index (χ3v) is 3.81. The predicted octanol–water partition coefficient (Wildman–Crippen LogP) is 3.83. The number of amides is 1. The van der Waals surface area contributed by atoms with E-state index in [-0.39, 0.29) is 5.91 Å². The highest BCUT2D eigenvalue weighted by Crippen LogP contribution is 2.35. The molecule has 3 rings (SSSR count). The Morgan fingerprint density at radius 2 is 2.05 bits per heavy atom. The van der Waals surface area contributed by atoms with Gasteiger partial charge in [-0.15, -0.1) is 0 Å². The Hall–Kier alpha value is -2.27. The monoisotopic (exact) mass is 343 g/mol. The summed E-state index contributed by atoms with van der Waals surface area (Å²) in [4.78, 5) is 12.2. The van der Waals surface area contributed by atoms with Crippen LogP contribution in [0.4, 0.5) is 17.1 Å². The number of anilines is 3. The lowest BCUT2D eigenvalue weighted by Gasteiger charge is -2.10. The molecule has 21 heavy (non-hydrogen) atoms. The van der Waals surface area contributed by atoms with E-state index in [1.54, 1.807) is 6.07 Å². The fraction of sp³-hybridized carbons (Fsp3) is 0.0625. The molecule has 0 aliphatic carbocycles. The maximum absolute atomic E-state index is 12.2. The number of hydrogen-bond acceptors (Lipinski definition) is 3. The van der Waals surface area contributed by atoms with E-state index in [0.717, 1.165) is 27.1 Å². The van der Waals surface area contributed by atoms with Gasteiger partial charge in [0.15, 0.2) is 0 Å². The van der Waals surface area contributed by atoms with Crippen LogP contribution in [0.2, 0.25) is 0 Å². The highest BCUT2D eigenvalue weighted by Gasteiger charge is 2.26. The first-order valence-electron chi connectivity index (χ1n) is 6.49. The van der Waals surface area contributed by atoms with E-state index in [4.69, 9.17) is 5.73 Å². The molecule has 0 saturated heterocycles. The number of nitrogens with one attached hydrogen (secondary N) is 2. The van der Waals surface area contributed by atoms with Crippen molar-refractivity contribution in [1.82, 2.24) is 0 Å². The fourth-order valence-corrected chi connectivity index (χ4v) is 2.80. The Labute approximate surface area is 131 Å². The Balaban J connectivity index is 2.02. The molecule has 4 N–H and O–H groups in total. The van der Waals surface area contributed by atoms with Gasteiger partial charge < -0.3 is 16.4 Å². The molecule has 0 fully saturated rings. The second kappa shape index (κ2) is 5.26. The topological polar surface area (TPSA) is 67.2 Å². The van der Waals surface area contributed by atoms with E-state index in [9.17, 15) is 4.79 Å². The molecule has 0 saturated carbocycles. The van der Waals surface area contributed by atoms with Crippen LogP contribution >= 0.6 is 15.9 Å². The summed E-state index contributed by atoms with van der Waals surface area (Å²) in [6.07, 6.45) is 0. The summed E-state index contributed by atoms with van der Waals surface area (Å²) in [5, 5.41) is 6.11. The van der Waals surface area contributed by atoms with Crippen molar-refractivity contribution in [2.45, 2.75) is 6.92 Å². The van der Waals surface area contributed by atoms with E-state index in [2.05, 4.69) is 26.6 Å². The molecule has 4 nitrogen and oxygen atoms in total. The SMILES string of the molecule is CC(Nc1cccc(Br)c1)=C1C(=O)Nc2ccc(N)cc21. The molecule has 1 aliphatic rings. The van der Waals surface area contributed by atoms with Crippen LogP contribution in [0, 0.1) is 0 Å². The summed E-state index contributed by atoms with van der Waals surface area (Å²) in [6.45, 7) is 1.88. The Morgan fingerprint density at radius 3 is 2.81 bits per heavy atom. The molecule has 0 unspecified atom stereocenters. The number of allylic oxidation sites excluding steroid dienone is 1. The first-order valence-corrected chi connectivity index (χ1v) is 7.28. The van der Waals surface area contributed by atoms with Gasteiger partial charge in [-0.25, -0.2) is 0 Å². The maximum atomic E-state index is 12.2. The van der Waals surface area contributed by atoms with Crippen molar-refractivity contribution >= 4 is 44.5 Å². The number of nitrogens with two attached hydrogens (primary N) is 1. The second-order valence-electron chi connectivity index (χ2n) is 4.89. The van der Waals surface area contributed by atoms with Crippen molar-refractivity contribution in [3.05, 3.63) is 58.2 Å². The lowest BCUT2D eigenvalue weighted by Crippen LogP contribution is -2.08. The zero-order valence-corrected chi connectivity index (χ0v) is 13.0. The van der Waals surface area contributed by atoms with E-state index in [1.165, 1.54) is 0 Å². The maximum Gasteiger partial charge on any atom is 0.258 e. The highest BCUT2D eigenvalue weighted by molar-refractivity contribution is 9.10. The van der Waals surface area contributed by atoms with E-state index >= 15 is 0 Å². The predicted molar refractivity (Wildman–Crippen MR) is 89.8 cm³/mol. The average Bonchev–Trinajstić information content (AvgIpc) is 2.74. The second-order valence-corrected chi connectivity index (χ2v) is 5.81. The van der Waals surface area contributed by atoms with Crippen LogP contribution in [0.1, 0.15) is 12.5 Å². The van der Waals surface area contributed by atoms with E-state index < -0.39 is 0 Å². The minimum Gasteiger partial charge on any atom is -0.399 e. The summed E-state index contributed by atoms with van der Waals surface area (Å²) in [5.41, 5.74) is 10.4. The molecule has 2 aromatic carbocycles. The van der Waals surface area contributed by atoms with Gasteiger partial charge in [-0.2, -0.15) is 0 Å². The number of rotatable bonds is 2. The van der Waals surface area contributed by atoms with Crippen LogP contribution < -0.4 is 16.4 Å². The third kappa shape index (κ3) is 2.64. The Kier molecular flexibility index (Phi) is 3.43. The minimum absolute atomic E-state index is 0.115. The lowest BCUT2D eigenvalue weighted by atomic mass is 10.0. The first-order chi connectivity index (χ1) is 10.0. The van der Waals surface area contributed by atoms with Gasteiger partial charge in [-0.3, -0.25) is 4.79 Å². The molecule has 0 atom stereocenters. The molecule has 1 aliphatic heterocycles. The van der Waals surface area contributed by atoms with Crippen molar-refractivity contribution in [1.29, 1.82) is 0 Å². The minimum atomic E-state index is -0.115. The van der Waals surface area contributed by atoms with Gasteiger partial charge in [-0.1, -0.05) is 22.0 Å². The van der Waals surface area contributed by atoms with Gasteiger partial charge in [0, 0.05) is 32.8 Å². The van der Waals surface area contributed by atoms with Crippen LogP contribution in [0.25, 0.3) is 5.57 Å². The molecule has 2 aromatic rings. The van der Waals surface area contributed by atoms with Crippen molar-refractivity contribution in [3.8, 4) is 0 Å². The molecule has 0 radical (unpaired) electrons. The zero-order valence-electron chi connectivity index (χ0n) is 11.4. The average molecular weight is 344 g/mol. The van der Waals surface area contributed by atoms with Crippen LogP contribution in [0.3, 0.4) is 0 Å². The van der Waals surface area contributed by atoms with Crippen LogP contribution in [0.15, 0.2) is 52.6 Å². The van der Waals surface area contributed by atoms with E-state index in [1.807, 2.05) is 43.3 Å². The van der Waals surface area contributed by atoms with Crippen LogP contribution in [-0.4, -0.2) is 5.91 Å². The number of halogens is 1. The normalized spacial score (nSPS) is 15.4. The molecular formula is C16H14BrN3O. The van der Waals surface area contributed by atoms with Gasteiger partial charge in [0.2, 0.25) is 0 Å². The number of nitrogen functional groups attached to an aromatic ring is 1. The summed E-state index contributed by atoms with van der Waals surface area (Å²) in [7, 11) is 0. The highest BCUT2D eigenvalue weighted by atomic mass is 79.9. The number of carbonyl (C=O) groups is 1. The summed E-state index contributed by atoms with van der Waals surface area (Å²) in [6, 6.07) is 13.2. The van der Waals surface area contributed by atoms with Gasteiger partial charge in [0.1, 0.15) is 0 Å². The van der Waals surface area contributed by atoms with Crippen molar-refractivity contribution < 1.29 is 4.79 Å². The Bertz CT molecular complexity index is 768. The summed E-state index contributed by atoms with van der Waals surface area (Å²) in [5.74, 6) is -0.115. The molecule has 0 bridgehead atoms. The molecule has 1 amide bonds. The quantitative estimate of drug-likeness (QED) is 0.573. The standard InChI is InChI=1S/C16H14BrN3O/c1-9(19-12-4-2-3-10(17)7-12)15-13-8-11(18)5-6-14(13)20-16(15)21/h2-8,19H,18H2,1H3,(H,20,21). The number of fused-ring (bicyclic) bond motifs is 1. The number of carbonyl (C=O) groups excluding carboxylic acids is 1. The van der Waals surface area contributed by atoms with Crippen molar-refractivity contribution in [3.63, 3.8) is 0 Å². The zero-order chi connectivity index (χ0) is 15.0. The van der Waals surface area contributed by atoms with Crippen molar-refractivity contribution in [2.75, 3.05) is 16.4 Å². The van der Waals surface area contributed by atoms with E-state index in [0.29, 0.717) is 11.3 Å². The number of benzene rings is 2. The Morgan fingerprint density at radius 1 is 1.24 bits per heavy atom. The van der Waals surface area contributed by atoms with Gasteiger partial charge in [-0.05, 0) is 43.3 Å². The molecule has 0 spiro atoms. The van der Waals surface area contributed by atoms with Gasteiger partial charge >= 0.3 is 0 Å². The van der Waals surface area contributed by atoms with Gasteiger partial charge in [0.25, 0.3) is 5.91 Å². The first kappa shape index (κ1) is 13.7. The smallest absolute Gasteiger partial charge is 0.258 e. The van der Waals surface area contributed by atoms with Crippen molar-refractivity contribution in [2.24, 2.45) is 0 Å². The molecule has 0 aromatic heterocycles. The lowest BCUT2D eigenvalue weighted by molar-refractivity contribution is -0.110. The fourth-order valence-electron chi connectivity index (χ4n) is 2.40. The summed E-state index contributed by atoms with van der Waals surface area (Å²) < 4.78 is 0.978. The molecule has 106 valence electrons. The summed E-state index contributed by atoms with van der Waals surface area (Å²) >= 11 is 3.43. The molecular weight excluding hydrogens is 330 g/mol. The molecule has 1 heterocycles. The third-order valence-electron chi connectivity index (χ3n) is 3.32. The van der Waals surface area contributed by atoms with Crippen LogP contribution in [0.5, 0.6) is 0 Å². The van der Waals surface area contributed by atoms with Gasteiger partial charge in [0.05, 0.1) is 5.57 Å². The molecule has 5 heteroatoms.